The molecule has 4 heteroatoms. The maximum Gasteiger partial charge on any atom is 0.0670 e. The van der Waals surface area contributed by atoms with Crippen molar-refractivity contribution in [2.24, 2.45) is 11.3 Å². The molecule has 0 amide bonds. The van der Waals surface area contributed by atoms with Crippen LogP contribution in [0.1, 0.15) is 29.5 Å². The van der Waals surface area contributed by atoms with Crippen LogP contribution in [0.25, 0.3) is 38.6 Å². The number of anilines is 2. The number of benzene rings is 5. The Labute approximate surface area is 338 Å². The molecule has 8 aromatic rings. The molecule has 0 saturated heterocycles. The molecule has 0 bridgehead atoms. The molecule has 4 unspecified atom stereocenters. The number of hydrogen-bond acceptors (Lipinski definition) is 3. The fraction of sp³-hybridized carbons (Fsp3) is 0.111. The Balaban J connectivity index is 0.977. The molecular formula is C54H40N4. The number of aromatic nitrogens is 3. The average Bonchev–Trinajstić information content (AvgIpc) is 3.89. The number of para-hydroxylation sites is 1. The van der Waals surface area contributed by atoms with Gasteiger partial charge in [-0.25, -0.2) is 0 Å². The second kappa shape index (κ2) is 12.5. The molecule has 4 nitrogen and oxygen atoms in total. The standard InChI is InChI=1S/C54H40N4/c1-53-31-11-10-18-50(53)54(38-12-4-2-5-13-38,39-14-6-3-7-15-39)46-28-27-43-42-16-8-9-17-47(42)58(52(43)51(46)53)41-25-21-37(22-26-41)36-19-23-40(24-20-36)57-48-29-32-55-34-44(48)45-35-56-33-30-49(45)57/h2-35,43,50,52H,1H3. The van der Waals surface area contributed by atoms with E-state index in [0.29, 0.717) is 0 Å². The van der Waals surface area contributed by atoms with E-state index in [1.54, 1.807) is 0 Å². The van der Waals surface area contributed by atoms with Gasteiger partial charge in [0.1, 0.15) is 0 Å². The lowest BCUT2D eigenvalue weighted by molar-refractivity contribution is 0.309. The molecule has 3 aromatic heterocycles. The van der Waals surface area contributed by atoms with Crippen molar-refractivity contribution in [3.8, 4) is 16.8 Å². The Kier molecular flexibility index (Phi) is 7.13. The minimum atomic E-state index is -0.348. The maximum atomic E-state index is 4.41. The second-order valence-corrected chi connectivity index (χ2v) is 16.3. The molecule has 0 N–H and O–H groups in total. The third-order valence-corrected chi connectivity index (χ3v) is 13.6. The third kappa shape index (κ3) is 4.46. The number of nitrogens with zero attached hydrogens (tertiary/aromatic N) is 4. The zero-order valence-corrected chi connectivity index (χ0v) is 32.2. The number of rotatable bonds is 5. The Morgan fingerprint density at radius 3 is 1.79 bits per heavy atom. The summed E-state index contributed by atoms with van der Waals surface area (Å²) in [4.78, 5) is 11.5. The van der Waals surface area contributed by atoms with E-state index in [9.17, 15) is 0 Å². The van der Waals surface area contributed by atoms with Gasteiger partial charge in [0, 0.05) is 69.9 Å². The molecular weight excluding hydrogens is 705 g/mol. The van der Waals surface area contributed by atoms with E-state index >= 15 is 0 Å². The first-order chi connectivity index (χ1) is 28.7. The zero-order valence-electron chi connectivity index (χ0n) is 32.2. The number of allylic oxidation sites excluding steroid dienone is 6. The number of hydrogen-bond donors (Lipinski definition) is 0. The van der Waals surface area contributed by atoms with Crippen molar-refractivity contribution in [2.45, 2.75) is 24.3 Å². The Morgan fingerprint density at radius 1 is 0.569 bits per heavy atom. The lowest BCUT2D eigenvalue weighted by atomic mass is 9.58. The van der Waals surface area contributed by atoms with Gasteiger partial charge in [0.2, 0.25) is 0 Å². The van der Waals surface area contributed by atoms with E-state index in [2.05, 4.69) is 208 Å². The van der Waals surface area contributed by atoms with Crippen LogP contribution in [0.5, 0.6) is 0 Å². The molecule has 4 aliphatic rings. The summed E-state index contributed by atoms with van der Waals surface area (Å²) >= 11 is 0. The minimum Gasteiger partial charge on any atom is -0.333 e. The van der Waals surface area contributed by atoms with Crippen LogP contribution in [0.2, 0.25) is 0 Å². The Hall–Kier alpha value is -7.04. The van der Waals surface area contributed by atoms with E-state index < -0.39 is 0 Å². The van der Waals surface area contributed by atoms with Gasteiger partial charge >= 0.3 is 0 Å². The molecule has 4 heterocycles. The quantitative estimate of drug-likeness (QED) is 0.176. The molecule has 1 aliphatic heterocycles. The summed E-state index contributed by atoms with van der Waals surface area (Å²) < 4.78 is 2.30. The van der Waals surface area contributed by atoms with Gasteiger partial charge in [-0.05, 0) is 81.4 Å². The van der Waals surface area contributed by atoms with Crippen LogP contribution in [-0.4, -0.2) is 20.6 Å². The second-order valence-electron chi connectivity index (χ2n) is 16.3. The van der Waals surface area contributed by atoms with E-state index in [1.165, 1.54) is 50.3 Å². The third-order valence-electron chi connectivity index (χ3n) is 13.6. The van der Waals surface area contributed by atoms with E-state index in [1.807, 2.05) is 24.8 Å². The van der Waals surface area contributed by atoms with Crippen molar-refractivity contribution in [3.63, 3.8) is 0 Å². The largest absolute Gasteiger partial charge is 0.333 e. The molecule has 0 fully saturated rings. The molecule has 5 aromatic carbocycles. The maximum absolute atomic E-state index is 4.41. The highest BCUT2D eigenvalue weighted by Crippen LogP contribution is 2.68. The van der Waals surface area contributed by atoms with Gasteiger partial charge in [-0.15, -0.1) is 0 Å². The van der Waals surface area contributed by atoms with E-state index in [0.717, 1.165) is 27.5 Å². The summed E-state index contributed by atoms with van der Waals surface area (Å²) in [5.41, 5.74) is 14.7. The molecule has 0 saturated carbocycles. The summed E-state index contributed by atoms with van der Waals surface area (Å²) in [5.74, 6) is 0.434. The molecule has 0 spiro atoms. The Morgan fingerprint density at radius 2 is 1.16 bits per heavy atom. The van der Waals surface area contributed by atoms with Crippen LogP contribution < -0.4 is 4.90 Å². The van der Waals surface area contributed by atoms with Gasteiger partial charge in [0.05, 0.1) is 22.5 Å². The Bertz CT molecular complexity index is 2930. The van der Waals surface area contributed by atoms with Crippen LogP contribution in [0.3, 0.4) is 0 Å². The predicted molar refractivity (Wildman–Crippen MR) is 237 cm³/mol. The van der Waals surface area contributed by atoms with Crippen LogP contribution in [-0.2, 0) is 5.41 Å². The monoisotopic (exact) mass is 744 g/mol. The number of pyridine rings is 2. The molecule has 3 aliphatic carbocycles. The van der Waals surface area contributed by atoms with Gasteiger partial charge in [0.25, 0.3) is 0 Å². The first kappa shape index (κ1) is 33.1. The van der Waals surface area contributed by atoms with Gasteiger partial charge in [-0.2, -0.15) is 0 Å². The smallest absolute Gasteiger partial charge is 0.0670 e. The highest BCUT2D eigenvalue weighted by atomic mass is 15.2. The molecule has 276 valence electrons. The SMILES string of the molecule is CC12C=CC=CC1C(c1ccccc1)(c1ccccc1)C1=C2C2C(C=C1)c1ccccc1N2c1ccc(-c2ccc(-n3c4ccncc4c4cnccc43)cc2)cc1. The summed E-state index contributed by atoms with van der Waals surface area (Å²) in [7, 11) is 0. The first-order valence-electron chi connectivity index (χ1n) is 20.3. The number of fused-ring (bicyclic) bond motifs is 9. The zero-order chi connectivity index (χ0) is 38.4. The highest BCUT2D eigenvalue weighted by molar-refractivity contribution is 6.08. The van der Waals surface area contributed by atoms with E-state index in [4.69, 9.17) is 0 Å². The normalized spacial score (nSPS) is 22.3. The summed E-state index contributed by atoms with van der Waals surface area (Å²) in [6.07, 6.45) is 22.1. The van der Waals surface area contributed by atoms with Gasteiger partial charge < -0.3 is 9.47 Å². The van der Waals surface area contributed by atoms with Crippen molar-refractivity contribution in [2.75, 3.05) is 4.90 Å². The summed E-state index contributed by atoms with van der Waals surface area (Å²) in [5, 5.41) is 2.22. The first-order valence-corrected chi connectivity index (χ1v) is 20.3. The van der Waals surface area contributed by atoms with Crippen molar-refractivity contribution >= 4 is 33.2 Å². The van der Waals surface area contributed by atoms with Crippen LogP contribution in [0.4, 0.5) is 11.4 Å². The van der Waals surface area contributed by atoms with Crippen LogP contribution in [0, 0.1) is 11.3 Å². The molecule has 0 radical (unpaired) electrons. The van der Waals surface area contributed by atoms with Gasteiger partial charge in [-0.1, -0.05) is 147 Å². The lowest BCUT2D eigenvalue weighted by Gasteiger charge is -2.44. The highest BCUT2D eigenvalue weighted by Gasteiger charge is 2.63. The fourth-order valence-corrected chi connectivity index (χ4v) is 11.3. The van der Waals surface area contributed by atoms with E-state index in [-0.39, 0.29) is 28.7 Å². The van der Waals surface area contributed by atoms with Crippen molar-refractivity contribution in [1.29, 1.82) is 0 Å². The lowest BCUT2D eigenvalue weighted by Crippen LogP contribution is -2.41. The van der Waals surface area contributed by atoms with Crippen LogP contribution >= 0.6 is 0 Å². The summed E-state index contributed by atoms with van der Waals surface area (Å²) in [6, 6.07) is 54.1. The molecule has 58 heavy (non-hydrogen) atoms. The average molecular weight is 745 g/mol. The van der Waals surface area contributed by atoms with Crippen molar-refractivity contribution < 1.29 is 0 Å². The van der Waals surface area contributed by atoms with Gasteiger partial charge in [-0.3, -0.25) is 9.97 Å². The molecule has 4 atom stereocenters. The van der Waals surface area contributed by atoms with Gasteiger partial charge in [0.15, 0.2) is 0 Å². The van der Waals surface area contributed by atoms with Crippen LogP contribution in [0.15, 0.2) is 218 Å². The predicted octanol–water partition coefficient (Wildman–Crippen LogP) is 12.5. The van der Waals surface area contributed by atoms with Crippen molar-refractivity contribution in [1.82, 2.24) is 14.5 Å². The topological polar surface area (TPSA) is 34.0 Å². The van der Waals surface area contributed by atoms with Crippen molar-refractivity contribution in [3.05, 3.63) is 235 Å². The summed E-state index contributed by atoms with van der Waals surface area (Å²) in [6.45, 7) is 2.50. The fourth-order valence-electron chi connectivity index (χ4n) is 11.3. The molecule has 12 rings (SSSR count). The minimum absolute atomic E-state index is 0.122.